The van der Waals surface area contributed by atoms with Gasteiger partial charge in [-0.3, -0.25) is 19.7 Å². The van der Waals surface area contributed by atoms with Gasteiger partial charge in [-0.05, 0) is 42.8 Å². The molecule has 32 heavy (non-hydrogen) atoms. The lowest BCUT2D eigenvalue weighted by Gasteiger charge is -2.22. The summed E-state index contributed by atoms with van der Waals surface area (Å²) >= 11 is 6.04. The van der Waals surface area contributed by atoms with Gasteiger partial charge in [-0.2, -0.15) is 0 Å². The van der Waals surface area contributed by atoms with Crippen molar-refractivity contribution >= 4 is 34.8 Å². The number of nitrogens with one attached hydrogen (secondary N) is 1. The monoisotopic (exact) mass is 455 g/mol. The highest BCUT2D eigenvalue weighted by atomic mass is 35.5. The number of non-ortho nitro benzene ring substituents is 1. The Morgan fingerprint density at radius 3 is 2.47 bits per heavy atom. The number of nitrogens with zero attached hydrogens (tertiary/aromatic N) is 2. The Bertz CT molecular complexity index is 1190. The van der Waals surface area contributed by atoms with Crippen LogP contribution in [0.2, 0.25) is 5.02 Å². The lowest BCUT2D eigenvalue weighted by Crippen LogP contribution is -2.31. The highest BCUT2D eigenvalue weighted by Crippen LogP contribution is 2.25. The number of amides is 2. The first-order valence-corrected chi connectivity index (χ1v) is 10.1. The number of halogens is 2. The molecule has 0 radical (unpaired) electrons. The summed E-state index contributed by atoms with van der Waals surface area (Å²) in [6, 6.07) is 16.0. The average molecular weight is 456 g/mol. The van der Waals surface area contributed by atoms with E-state index in [1.807, 2.05) is 0 Å². The van der Waals surface area contributed by atoms with Crippen molar-refractivity contribution in [3.63, 3.8) is 0 Å². The van der Waals surface area contributed by atoms with E-state index in [4.69, 9.17) is 11.6 Å². The predicted octanol–water partition coefficient (Wildman–Crippen LogP) is 5.30. The van der Waals surface area contributed by atoms with Crippen molar-refractivity contribution in [2.24, 2.45) is 0 Å². The highest BCUT2D eigenvalue weighted by Gasteiger charge is 2.21. The van der Waals surface area contributed by atoms with Gasteiger partial charge < -0.3 is 10.2 Å². The molecule has 0 bridgehead atoms. The number of hydrogen-bond donors (Lipinski definition) is 1. The summed E-state index contributed by atoms with van der Waals surface area (Å²) in [4.78, 5) is 37.7. The molecule has 0 fully saturated rings. The van der Waals surface area contributed by atoms with Crippen molar-refractivity contribution in [2.45, 2.75) is 13.5 Å². The molecule has 0 spiro atoms. The van der Waals surface area contributed by atoms with Gasteiger partial charge in [0.05, 0.1) is 26.8 Å². The largest absolute Gasteiger partial charge is 0.335 e. The Morgan fingerprint density at radius 2 is 1.81 bits per heavy atom. The molecule has 0 heterocycles. The molecule has 2 amide bonds. The van der Waals surface area contributed by atoms with Crippen LogP contribution >= 0.6 is 11.6 Å². The van der Waals surface area contributed by atoms with E-state index >= 15 is 0 Å². The second-order valence-corrected chi connectivity index (χ2v) is 7.28. The molecule has 0 saturated heterocycles. The van der Waals surface area contributed by atoms with Gasteiger partial charge in [-0.1, -0.05) is 35.9 Å². The number of nitro benzene ring substituents is 1. The molecule has 0 aromatic heterocycles. The summed E-state index contributed by atoms with van der Waals surface area (Å²) in [5.74, 6) is -1.35. The van der Waals surface area contributed by atoms with Gasteiger partial charge >= 0.3 is 0 Å². The zero-order chi connectivity index (χ0) is 23.3. The van der Waals surface area contributed by atoms with E-state index in [1.165, 1.54) is 29.2 Å². The Kier molecular flexibility index (Phi) is 7.17. The summed E-state index contributed by atoms with van der Waals surface area (Å²) in [7, 11) is 0. The van der Waals surface area contributed by atoms with E-state index in [2.05, 4.69) is 5.32 Å². The number of benzene rings is 3. The second kappa shape index (κ2) is 10.0. The normalized spacial score (nSPS) is 10.5. The van der Waals surface area contributed by atoms with Crippen molar-refractivity contribution in [2.75, 3.05) is 11.9 Å². The molecule has 9 heteroatoms. The van der Waals surface area contributed by atoms with Crippen LogP contribution in [-0.2, 0) is 6.54 Å². The minimum atomic E-state index is -0.613. The standard InChI is InChI=1S/C23H19ClFN3O4/c1-2-27(14-15-6-5-7-16(25)12-15)23(30)19-8-3-4-9-21(19)26-22(29)18-11-10-17(28(31)32)13-20(18)24/h3-13H,2,14H2,1H3,(H,26,29). The third-order valence-electron chi connectivity index (χ3n) is 4.75. The van der Waals surface area contributed by atoms with E-state index in [0.717, 1.165) is 6.07 Å². The number of carbonyl (C=O) groups excluding carboxylic acids is 2. The van der Waals surface area contributed by atoms with Gasteiger partial charge in [-0.15, -0.1) is 0 Å². The zero-order valence-corrected chi connectivity index (χ0v) is 17.8. The second-order valence-electron chi connectivity index (χ2n) is 6.87. The smallest absolute Gasteiger partial charge is 0.270 e. The first-order chi connectivity index (χ1) is 15.3. The van der Waals surface area contributed by atoms with Crippen molar-refractivity contribution in [3.8, 4) is 0 Å². The molecular weight excluding hydrogens is 437 g/mol. The van der Waals surface area contributed by atoms with Gasteiger partial charge in [0.2, 0.25) is 0 Å². The number of hydrogen-bond acceptors (Lipinski definition) is 4. The zero-order valence-electron chi connectivity index (χ0n) is 17.0. The molecular formula is C23H19ClFN3O4. The van der Waals surface area contributed by atoms with Gasteiger partial charge in [0.25, 0.3) is 17.5 Å². The summed E-state index contributed by atoms with van der Waals surface area (Å²) in [5.41, 5.74) is 0.941. The minimum Gasteiger partial charge on any atom is -0.335 e. The first kappa shape index (κ1) is 22.9. The molecule has 164 valence electrons. The molecule has 3 aromatic rings. The van der Waals surface area contributed by atoms with E-state index in [0.29, 0.717) is 12.1 Å². The molecule has 0 unspecified atom stereocenters. The van der Waals surface area contributed by atoms with Crippen LogP contribution in [0.1, 0.15) is 33.2 Å². The van der Waals surface area contributed by atoms with Crippen LogP contribution in [0.4, 0.5) is 15.8 Å². The molecule has 1 N–H and O–H groups in total. The number of nitro groups is 1. The van der Waals surface area contributed by atoms with Gasteiger partial charge in [0, 0.05) is 25.2 Å². The molecule has 7 nitrogen and oxygen atoms in total. The average Bonchev–Trinajstić information content (AvgIpc) is 2.77. The Hall–Kier alpha value is -3.78. The topological polar surface area (TPSA) is 92.6 Å². The third kappa shape index (κ3) is 5.28. The van der Waals surface area contributed by atoms with E-state index in [9.17, 15) is 24.1 Å². The van der Waals surface area contributed by atoms with Gasteiger partial charge in [-0.25, -0.2) is 4.39 Å². The van der Waals surface area contributed by atoms with Crippen LogP contribution in [0, 0.1) is 15.9 Å². The fourth-order valence-electron chi connectivity index (χ4n) is 3.12. The van der Waals surface area contributed by atoms with Crippen molar-refractivity contribution in [1.82, 2.24) is 4.90 Å². The number of para-hydroxylation sites is 1. The maximum absolute atomic E-state index is 13.5. The Balaban J connectivity index is 1.84. The third-order valence-corrected chi connectivity index (χ3v) is 5.06. The lowest BCUT2D eigenvalue weighted by molar-refractivity contribution is -0.384. The van der Waals surface area contributed by atoms with Crippen molar-refractivity contribution < 1.29 is 18.9 Å². The SMILES string of the molecule is CCN(Cc1cccc(F)c1)C(=O)c1ccccc1NC(=O)c1ccc([N+](=O)[O-])cc1Cl. The fraction of sp³-hybridized carbons (Fsp3) is 0.130. The predicted molar refractivity (Wildman–Crippen MR) is 119 cm³/mol. The van der Waals surface area contributed by atoms with Crippen LogP contribution in [0.5, 0.6) is 0 Å². The summed E-state index contributed by atoms with van der Waals surface area (Å²) < 4.78 is 13.5. The number of anilines is 1. The maximum atomic E-state index is 13.5. The van der Waals surface area contributed by atoms with Crippen molar-refractivity contribution in [3.05, 3.63) is 104 Å². The van der Waals surface area contributed by atoms with E-state index in [-0.39, 0.29) is 40.0 Å². The molecule has 0 saturated carbocycles. The van der Waals surface area contributed by atoms with Crippen LogP contribution in [0.3, 0.4) is 0 Å². The van der Waals surface area contributed by atoms with E-state index < -0.39 is 16.6 Å². The van der Waals surface area contributed by atoms with Gasteiger partial charge in [0.15, 0.2) is 0 Å². The summed E-state index contributed by atoms with van der Waals surface area (Å²) in [6.45, 7) is 2.37. The van der Waals surface area contributed by atoms with Crippen LogP contribution in [0.15, 0.2) is 66.7 Å². The molecule has 3 rings (SSSR count). The lowest BCUT2D eigenvalue weighted by atomic mass is 10.1. The first-order valence-electron chi connectivity index (χ1n) is 9.68. The highest BCUT2D eigenvalue weighted by molar-refractivity contribution is 6.34. The minimum absolute atomic E-state index is 0.0339. The van der Waals surface area contributed by atoms with Crippen LogP contribution in [-0.4, -0.2) is 28.2 Å². The Morgan fingerprint density at radius 1 is 1.06 bits per heavy atom. The Labute approximate surface area is 188 Å². The van der Waals surface area contributed by atoms with Crippen molar-refractivity contribution in [1.29, 1.82) is 0 Å². The number of carbonyl (C=O) groups is 2. The number of rotatable bonds is 7. The molecule has 0 atom stereocenters. The van der Waals surface area contributed by atoms with Crippen LogP contribution in [0.25, 0.3) is 0 Å². The fourth-order valence-corrected chi connectivity index (χ4v) is 3.38. The van der Waals surface area contributed by atoms with Crippen LogP contribution < -0.4 is 5.32 Å². The summed E-state index contributed by atoms with van der Waals surface area (Å²) in [6.07, 6.45) is 0. The van der Waals surface area contributed by atoms with E-state index in [1.54, 1.807) is 43.3 Å². The molecule has 0 aliphatic rings. The summed E-state index contributed by atoms with van der Waals surface area (Å²) in [5, 5.41) is 13.4. The maximum Gasteiger partial charge on any atom is 0.270 e. The molecule has 3 aromatic carbocycles. The molecule has 0 aliphatic carbocycles. The molecule has 0 aliphatic heterocycles. The van der Waals surface area contributed by atoms with Gasteiger partial charge in [0.1, 0.15) is 5.82 Å². The quantitative estimate of drug-likeness (QED) is 0.386.